The van der Waals surface area contributed by atoms with E-state index in [0.717, 1.165) is 13.8 Å². The third-order valence-electron chi connectivity index (χ3n) is 6.29. The van der Waals surface area contributed by atoms with Crippen LogP contribution in [0.3, 0.4) is 0 Å². The van der Waals surface area contributed by atoms with Gasteiger partial charge in [0.25, 0.3) is 0 Å². The zero-order valence-corrected chi connectivity index (χ0v) is 28.4. The Morgan fingerprint density at radius 3 is 1.36 bits per heavy atom. The molecule has 1 fully saturated rings. The number of rotatable bonds is 9. The lowest BCUT2D eigenvalue weighted by Crippen LogP contribution is -2.63. The molecule has 1 aliphatic heterocycles. The van der Waals surface area contributed by atoms with Gasteiger partial charge >= 0.3 is 29.8 Å². The molecule has 0 N–H and O–H groups in total. The van der Waals surface area contributed by atoms with E-state index >= 15 is 0 Å². The van der Waals surface area contributed by atoms with Crippen molar-refractivity contribution < 1.29 is 52.4 Å². The molecule has 3 aromatic rings. The number of ether oxygens (including phenoxy) is 6. The van der Waals surface area contributed by atoms with E-state index in [-0.39, 0.29) is 16.7 Å². The lowest BCUT2D eigenvalue weighted by molar-refractivity contribution is -0.287. The number of hydrogen-bond donors (Lipinski definition) is 0. The van der Waals surface area contributed by atoms with Crippen LogP contribution in [0.1, 0.15) is 44.9 Å². The van der Waals surface area contributed by atoms with Crippen LogP contribution in [0.5, 0.6) is 0 Å². The highest BCUT2D eigenvalue weighted by Crippen LogP contribution is 2.32. The van der Waals surface area contributed by atoms with Gasteiger partial charge in [-0.15, -0.1) is 0 Å². The van der Waals surface area contributed by atoms with Gasteiger partial charge in [-0.1, -0.05) is 47.8 Å². The van der Waals surface area contributed by atoms with Crippen molar-refractivity contribution in [2.45, 2.75) is 44.6 Å². The van der Waals surface area contributed by atoms with E-state index in [2.05, 4.69) is 47.8 Å². The zero-order chi connectivity index (χ0) is 32.7. The fourth-order valence-corrected chi connectivity index (χ4v) is 5.01. The second-order valence-corrected chi connectivity index (χ2v) is 12.3. The van der Waals surface area contributed by atoms with E-state index in [1.54, 1.807) is 36.4 Å². The van der Waals surface area contributed by atoms with E-state index in [0.29, 0.717) is 13.4 Å². The first-order valence-corrected chi connectivity index (χ1v) is 15.6. The average molecular weight is 813 g/mol. The minimum atomic E-state index is -1.71. The molecule has 4 rings (SSSR count). The molecule has 1 aliphatic rings. The standard InChI is InChI=1S/C31H25Br3O11/c1-16(35)40-15-24-25(41-17(2)36)26(43-28(37)18-3-9-21(32)10-4-18)27(44-29(38)19-5-11-22(33)12-6-19)31(42-24)45-30(39)20-7-13-23(34)14-8-20/h3-14,24-27,31H,15H2,1-2H3/t24-,25-,26+,27-,31-/m1/s1. The molecule has 0 bridgehead atoms. The van der Waals surface area contributed by atoms with Gasteiger partial charge in [-0.05, 0) is 72.8 Å². The Labute approximate surface area is 282 Å². The third kappa shape index (κ3) is 9.45. The second-order valence-electron chi connectivity index (χ2n) is 9.59. The number of halogens is 3. The highest BCUT2D eigenvalue weighted by Gasteiger charge is 2.54. The smallest absolute Gasteiger partial charge is 0.340 e. The van der Waals surface area contributed by atoms with E-state index in [9.17, 15) is 24.0 Å². The first kappa shape index (κ1) is 34.3. The number of esters is 5. The Kier molecular flexibility index (Phi) is 11.9. The molecular weight excluding hydrogens is 788 g/mol. The van der Waals surface area contributed by atoms with Gasteiger partial charge in [-0.2, -0.15) is 0 Å². The Morgan fingerprint density at radius 1 is 0.556 bits per heavy atom. The van der Waals surface area contributed by atoms with Crippen molar-refractivity contribution in [3.8, 4) is 0 Å². The van der Waals surface area contributed by atoms with E-state index in [4.69, 9.17) is 28.4 Å². The number of carbonyl (C=O) groups excluding carboxylic acids is 5. The molecule has 0 radical (unpaired) electrons. The maximum atomic E-state index is 13.4. The summed E-state index contributed by atoms with van der Waals surface area (Å²) in [4.78, 5) is 64.0. The highest BCUT2D eigenvalue weighted by atomic mass is 79.9. The summed E-state index contributed by atoms with van der Waals surface area (Å²) in [7, 11) is 0. The predicted octanol–water partition coefficient (Wildman–Crippen LogP) is 5.80. The van der Waals surface area contributed by atoms with Gasteiger partial charge in [0.1, 0.15) is 12.7 Å². The fourth-order valence-electron chi connectivity index (χ4n) is 4.22. The van der Waals surface area contributed by atoms with Crippen LogP contribution in [0.25, 0.3) is 0 Å². The molecule has 1 saturated heterocycles. The highest BCUT2D eigenvalue weighted by molar-refractivity contribution is 9.11. The molecule has 45 heavy (non-hydrogen) atoms. The average Bonchev–Trinajstić information content (AvgIpc) is 2.99. The van der Waals surface area contributed by atoms with E-state index < -0.39 is 67.2 Å². The minimum Gasteiger partial charge on any atom is -0.463 e. The summed E-state index contributed by atoms with van der Waals surface area (Å²) in [6, 6.07) is 18.6. The summed E-state index contributed by atoms with van der Waals surface area (Å²) in [5.74, 6) is -4.11. The number of benzene rings is 3. The summed E-state index contributed by atoms with van der Waals surface area (Å²) >= 11 is 9.91. The molecule has 1 heterocycles. The predicted molar refractivity (Wildman–Crippen MR) is 167 cm³/mol. The van der Waals surface area contributed by atoms with Crippen molar-refractivity contribution >= 4 is 77.6 Å². The van der Waals surface area contributed by atoms with Crippen LogP contribution in [-0.2, 0) is 38.0 Å². The van der Waals surface area contributed by atoms with Crippen LogP contribution in [0.2, 0.25) is 0 Å². The van der Waals surface area contributed by atoms with Crippen LogP contribution in [-0.4, -0.2) is 67.2 Å². The van der Waals surface area contributed by atoms with Crippen molar-refractivity contribution in [3.63, 3.8) is 0 Å². The monoisotopic (exact) mass is 810 g/mol. The topological polar surface area (TPSA) is 141 Å². The second kappa shape index (κ2) is 15.6. The van der Waals surface area contributed by atoms with Crippen LogP contribution in [0.15, 0.2) is 86.2 Å². The molecule has 5 atom stereocenters. The molecule has 236 valence electrons. The Bertz CT molecular complexity index is 1540. The zero-order valence-electron chi connectivity index (χ0n) is 23.6. The molecule has 0 amide bonds. The summed E-state index contributed by atoms with van der Waals surface area (Å²) < 4.78 is 36.0. The molecule has 0 saturated carbocycles. The Hall–Kier alpha value is -3.59. The van der Waals surface area contributed by atoms with Gasteiger partial charge in [-0.25, -0.2) is 14.4 Å². The van der Waals surface area contributed by atoms with E-state index in [1.807, 2.05) is 0 Å². The van der Waals surface area contributed by atoms with Gasteiger partial charge < -0.3 is 28.4 Å². The SMILES string of the molecule is CC(=O)OC[C@H]1O[C@H](OC(=O)c2ccc(Br)cc2)[C@H](OC(=O)c2ccc(Br)cc2)[C@@H](OC(=O)c2ccc(Br)cc2)[C@@H]1OC(C)=O. The summed E-state index contributed by atoms with van der Waals surface area (Å²) in [5, 5.41) is 0. The van der Waals surface area contributed by atoms with Crippen molar-refractivity contribution in [3.05, 3.63) is 103 Å². The molecule has 11 nitrogen and oxygen atoms in total. The molecule has 0 aliphatic carbocycles. The maximum absolute atomic E-state index is 13.4. The summed E-state index contributed by atoms with van der Waals surface area (Å²) in [6.45, 7) is 1.78. The Balaban J connectivity index is 1.77. The van der Waals surface area contributed by atoms with Gasteiger partial charge in [0.15, 0.2) is 12.2 Å². The summed E-state index contributed by atoms with van der Waals surface area (Å²) in [5.41, 5.74) is 0.353. The molecule has 3 aromatic carbocycles. The third-order valence-corrected chi connectivity index (χ3v) is 7.88. The minimum absolute atomic E-state index is 0.111. The lowest BCUT2D eigenvalue weighted by Gasteiger charge is -2.43. The lowest BCUT2D eigenvalue weighted by atomic mass is 9.97. The largest absolute Gasteiger partial charge is 0.463 e. The van der Waals surface area contributed by atoms with Crippen molar-refractivity contribution in [1.82, 2.24) is 0 Å². The Morgan fingerprint density at radius 2 is 0.956 bits per heavy atom. The van der Waals surface area contributed by atoms with Gasteiger partial charge in [0.2, 0.25) is 12.4 Å². The van der Waals surface area contributed by atoms with Gasteiger partial charge in [0, 0.05) is 27.3 Å². The van der Waals surface area contributed by atoms with Crippen LogP contribution < -0.4 is 0 Å². The molecule has 14 heteroatoms. The fraction of sp³-hybridized carbons (Fsp3) is 0.258. The number of carbonyl (C=O) groups is 5. The molecular formula is C31H25Br3O11. The first-order chi connectivity index (χ1) is 21.4. The van der Waals surface area contributed by atoms with Crippen molar-refractivity contribution in [1.29, 1.82) is 0 Å². The van der Waals surface area contributed by atoms with Crippen LogP contribution >= 0.6 is 47.8 Å². The van der Waals surface area contributed by atoms with E-state index in [1.165, 1.54) is 36.4 Å². The van der Waals surface area contributed by atoms with Crippen molar-refractivity contribution in [2.75, 3.05) is 6.61 Å². The first-order valence-electron chi connectivity index (χ1n) is 13.3. The maximum Gasteiger partial charge on any atom is 0.340 e. The number of hydrogen-bond acceptors (Lipinski definition) is 11. The summed E-state index contributed by atoms with van der Waals surface area (Å²) in [6.07, 6.45) is -7.74. The van der Waals surface area contributed by atoms with Crippen LogP contribution in [0.4, 0.5) is 0 Å². The van der Waals surface area contributed by atoms with Gasteiger partial charge in [0.05, 0.1) is 16.7 Å². The quantitative estimate of drug-likeness (QED) is 0.191. The molecule has 0 spiro atoms. The molecule has 0 aromatic heterocycles. The van der Waals surface area contributed by atoms with Crippen molar-refractivity contribution in [2.24, 2.45) is 0 Å². The van der Waals surface area contributed by atoms with Crippen LogP contribution in [0, 0.1) is 0 Å². The van der Waals surface area contributed by atoms with Gasteiger partial charge in [-0.3, -0.25) is 9.59 Å². The normalized spacial score (nSPS) is 20.8. The molecule has 0 unspecified atom stereocenters.